The van der Waals surface area contributed by atoms with Crippen LogP contribution in [0.5, 0.6) is 0 Å². The molecule has 15 heavy (non-hydrogen) atoms. The minimum atomic E-state index is 0.308. The van der Waals surface area contributed by atoms with Crippen LogP contribution >= 0.6 is 0 Å². The first-order valence-electron chi connectivity index (χ1n) is 6.26. The van der Waals surface area contributed by atoms with E-state index in [0.29, 0.717) is 24.6 Å². The molecule has 88 valence electrons. The van der Waals surface area contributed by atoms with E-state index < -0.39 is 0 Å². The van der Waals surface area contributed by atoms with Gasteiger partial charge in [0.05, 0.1) is 6.61 Å². The van der Waals surface area contributed by atoms with Gasteiger partial charge in [-0.2, -0.15) is 0 Å². The smallest absolute Gasteiger partial charge is 0.0509 e. The molecule has 0 aromatic heterocycles. The summed E-state index contributed by atoms with van der Waals surface area (Å²) in [4.78, 5) is 0. The Hall–Kier alpha value is -0.120. The topological polar surface area (TPSA) is 41.5 Å². The molecule has 0 spiro atoms. The lowest BCUT2D eigenvalue weighted by Gasteiger charge is -2.26. The molecule has 3 nitrogen and oxygen atoms in total. The maximum atomic E-state index is 9.03. The van der Waals surface area contributed by atoms with E-state index in [9.17, 15) is 0 Å². The van der Waals surface area contributed by atoms with Gasteiger partial charge in [-0.15, -0.1) is 0 Å². The Morgan fingerprint density at radius 1 is 1.33 bits per heavy atom. The second kappa shape index (κ2) is 5.28. The molecule has 1 heterocycles. The van der Waals surface area contributed by atoms with Crippen molar-refractivity contribution in [3.05, 3.63) is 0 Å². The molecule has 3 unspecified atom stereocenters. The summed E-state index contributed by atoms with van der Waals surface area (Å²) in [5.41, 5.74) is 0. The Morgan fingerprint density at radius 2 is 2.13 bits per heavy atom. The molecule has 2 aliphatic rings. The number of hydrogen-bond donors (Lipinski definition) is 2. The number of aliphatic hydroxyl groups is 1. The first-order valence-corrected chi connectivity index (χ1v) is 6.26. The predicted molar refractivity (Wildman–Crippen MR) is 59.7 cm³/mol. The average molecular weight is 213 g/mol. The van der Waals surface area contributed by atoms with Gasteiger partial charge in [0.15, 0.2) is 0 Å². The van der Waals surface area contributed by atoms with Gasteiger partial charge in [0.2, 0.25) is 0 Å². The van der Waals surface area contributed by atoms with E-state index in [2.05, 4.69) is 12.2 Å². The Kier molecular flexibility index (Phi) is 4.00. The lowest BCUT2D eigenvalue weighted by molar-refractivity contribution is 0.173. The second-order valence-electron chi connectivity index (χ2n) is 5.04. The van der Waals surface area contributed by atoms with E-state index >= 15 is 0 Å². The van der Waals surface area contributed by atoms with Crippen LogP contribution < -0.4 is 5.32 Å². The predicted octanol–water partition coefficient (Wildman–Crippen LogP) is 1.16. The zero-order chi connectivity index (χ0) is 10.7. The lowest BCUT2D eigenvalue weighted by atomic mass is 9.98. The summed E-state index contributed by atoms with van der Waals surface area (Å²) in [7, 11) is 0. The molecule has 1 saturated heterocycles. The van der Waals surface area contributed by atoms with Crippen molar-refractivity contribution in [3.8, 4) is 0 Å². The van der Waals surface area contributed by atoms with E-state index in [0.717, 1.165) is 25.6 Å². The molecule has 1 aliphatic heterocycles. The zero-order valence-electron chi connectivity index (χ0n) is 9.61. The van der Waals surface area contributed by atoms with Crippen LogP contribution in [-0.2, 0) is 4.74 Å². The fraction of sp³-hybridized carbons (Fsp3) is 1.00. The lowest BCUT2D eigenvalue weighted by Crippen LogP contribution is -2.42. The molecule has 2 rings (SSSR count). The standard InChI is InChI=1S/C12H23NO2/c1-9(11-5-7-15-8-11)13-12(4-6-14)10-2-3-10/h9-14H,2-8H2,1H3. The summed E-state index contributed by atoms with van der Waals surface area (Å²) in [6.07, 6.45) is 4.77. The molecule has 2 N–H and O–H groups in total. The van der Waals surface area contributed by atoms with Gasteiger partial charge in [0.25, 0.3) is 0 Å². The summed E-state index contributed by atoms with van der Waals surface area (Å²) in [6.45, 7) is 4.39. The summed E-state index contributed by atoms with van der Waals surface area (Å²) in [5.74, 6) is 1.49. The van der Waals surface area contributed by atoms with Crippen molar-refractivity contribution >= 4 is 0 Å². The number of aliphatic hydroxyl groups excluding tert-OH is 1. The van der Waals surface area contributed by atoms with Crippen LogP contribution in [0, 0.1) is 11.8 Å². The third-order valence-corrected chi connectivity index (χ3v) is 3.78. The fourth-order valence-electron chi connectivity index (χ4n) is 2.51. The van der Waals surface area contributed by atoms with Crippen molar-refractivity contribution in [2.24, 2.45) is 11.8 Å². The summed E-state index contributed by atoms with van der Waals surface area (Å²) in [5, 5.41) is 12.7. The van der Waals surface area contributed by atoms with E-state index in [1.165, 1.54) is 19.3 Å². The molecule has 3 atom stereocenters. The first-order chi connectivity index (χ1) is 7.31. The molecular weight excluding hydrogens is 190 g/mol. The molecule has 3 heteroatoms. The molecular formula is C12H23NO2. The van der Waals surface area contributed by atoms with Crippen LogP contribution in [0.25, 0.3) is 0 Å². The summed E-state index contributed by atoms with van der Waals surface area (Å²) < 4.78 is 5.41. The van der Waals surface area contributed by atoms with Gasteiger partial charge in [-0.25, -0.2) is 0 Å². The minimum absolute atomic E-state index is 0.308. The summed E-state index contributed by atoms with van der Waals surface area (Å²) >= 11 is 0. The Balaban J connectivity index is 1.76. The van der Waals surface area contributed by atoms with E-state index in [1.807, 2.05) is 0 Å². The van der Waals surface area contributed by atoms with E-state index in [1.54, 1.807) is 0 Å². The molecule has 0 aromatic carbocycles. The molecule has 0 amide bonds. The average Bonchev–Trinajstić information content (AvgIpc) is 2.92. The highest BCUT2D eigenvalue weighted by atomic mass is 16.5. The first kappa shape index (κ1) is 11.4. The van der Waals surface area contributed by atoms with E-state index in [-0.39, 0.29) is 0 Å². The fourth-order valence-corrected chi connectivity index (χ4v) is 2.51. The van der Waals surface area contributed by atoms with Crippen molar-refractivity contribution in [2.45, 2.75) is 44.7 Å². The monoisotopic (exact) mass is 213 g/mol. The largest absolute Gasteiger partial charge is 0.396 e. The van der Waals surface area contributed by atoms with Crippen LogP contribution in [0.15, 0.2) is 0 Å². The maximum Gasteiger partial charge on any atom is 0.0509 e. The molecule has 2 fully saturated rings. The third-order valence-electron chi connectivity index (χ3n) is 3.78. The van der Waals surface area contributed by atoms with Crippen molar-refractivity contribution < 1.29 is 9.84 Å². The maximum absolute atomic E-state index is 9.03. The van der Waals surface area contributed by atoms with Crippen LogP contribution in [0.2, 0.25) is 0 Å². The van der Waals surface area contributed by atoms with Gasteiger partial charge < -0.3 is 15.2 Å². The number of nitrogens with one attached hydrogen (secondary N) is 1. The molecule has 1 aliphatic carbocycles. The molecule has 0 aromatic rings. The van der Waals surface area contributed by atoms with Crippen molar-refractivity contribution in [3.63, 3.8) is 0 Å². The highest BCUT2D eigenvalue weighted by Gasteiger charge is 2.33. The molecule has 0 radical (unpaired) electrons. The van der Waals surface area contributed by atoms with Gasteiger partial charge in [-0.1, -0.05) is 0 Å². The van der Waals surface area contributed by atoms with E-state index in [4.69, 9.17) is 9.84 Å². The van der Waals surface area contributed by atoms with Crippen molar-refractivity contribution in [1.82, 2.24) is 5.32 Å². The highest BCUT2D eigenvalue weighted by Crippen LogP contribution is 2.34. The number of rotatable bonds is 6. The Labute approximate surface area is 92.2 Å². The second-order valence-corrected chi connectivity index (χ2v) is 5.04. The van der Waals surface area contributed by atoms with Crippen LogP contribution in [0.3, 0.4) is 0 Å². The van der Waals surface area contributed by atoms with Crippen LogP contribution in [0.4, 0.5) is 0 Å². The summed E-state index contributed by atoms with van der Waals surface area (Å²) in [6, 6.07) is 1.07. The van der Waals surface area contributed by atoms with Crippen molar-refractivity contribution in [2.75, 3.05) is 19.8 Å². The van der Waals surface area contributed by atoms with Crippen LogP contribution in [-0.4, -0.2) is 37.0 Å². The minimum Gasteiger partial charge on any atom is -0.396 e. The third kappa shape index (κ3) is 3.16. The van der Waals surface area contributed by atoms with Gasteiger partial charge in [-0.05, 0) is 44.4 Å². The number of hydrogen-bond acceptors (Lipinski definition) is 3. The number of ether oxygens (including phenoxy) is 1. The van der Waals surface area contributed by atoms with Crippen LogP contribution in [0.1, 0.15) is 32.6 Å². The SMILES string of the molecule is CC(NC(CCO)C1CC1)C1CCOC1. The van der Waals surface area contributed by atoms with Gasteiger partial charge >= 0.3 is 0 Å². The Bertz CT molecular complexity index is 188. The highest BCUT2D eigenvalue weighted by molar-refractivity contribution is 4.89. The van der Waals surface area contributed by atoms with Gasteiger partial charge in [0.1, 0.15) is 0 Å². The van der Waals surface area contributed by atoms with Crippen molar-refractivity contribution in [1.29, 1.82) is 0 Å². The quantitative estimate of drug-likeness (QED) is 0.696. The Morgan fingerprint density at radius 3 is 2.67 bits per heavy atom. The molecule has 0 bridgehead atoms. The normalized spacial score (nSPS) is 30.4. The van der Waals surface area contributed by atoms with Gasteiger partial charge in [-0.3, -0.25) is 0 Å². The van der Waals surface area contributed by atoms with Gasteiger partial charge in [0, 0.05) is 25.3 Å². The molecule has 1 saturated carbocycles. The zero-order valence-corrected chi connectivity index (χ0v) is 9.61.